The van der Waals surface area contributed by atoms with Gasteiger partial charge in [-0.2, -0.15) is 0 Å². The number of hydrogen-bond donors (Lipinski definition) is 2. The fraction of sp³-hybridized carbons (Fsp3) is 0.444. The summed E-state index contributed by atoms with van der Waals surface area (Å²) in [5, 5.41) is 0. The summed E-state index contributed by atoms with van der Waals surface area (Å²) in [4.78, 5) is 24.6. The molecule has 11 heteroatoms. The zero-order valence-electron chi connectivity index (χ0n) is 16.6. The first-order valence-corrected chi connectivity index (χ1v) is 10.4. The number of nitrogens with zero attached hydrogens (tertiary/aromatic N) is 8. The molecule has 4 rings (SSSR count). The van der Waals surface area contributed by atoms with Gasteiger partial charge in [0.1, 0.15) is 18.2 Å². The zero-order valence-corrected chi connectivity index (χ0v) is 18.2. The van der Waals surface area contributed by atoms with Crippen molar-refractivity contribution >= 4 is 49.9 Å². The molecule has 0 aliphatic rings. The molecule has 0 atom stereocenters. The van der Waals surface area contributed by atoms with Crippen molar-refractivity contribution < 1.29 is 0 Å². The number of halogens is 1. The van der Waals surface area contributed by atoms with Gasteiger partial charge in [0.25, 0.3) is 0 Å². The van der Waals surface area contributed by atoms with E-state index in [1.807, 2.05) is 9.13 Å². The summed E-state index contributed by atoms with van der Waals surface area (Å²) in [5.41, 5.74) is 14.4. The lowest BCUT2D eigenvalue weighted by Gasteiger charge is -2.02. The van der Waals surface area contributed by atoms with E-state index in [1.165, 1.54) is 12.7 Å². The molecule has 154 valence electrons. The smallest absolute Gasteiger partial charge is 0.179 e. The summed E-state index contributed by atoms with van der Waals surface area (Å²) < 4.78 is 4.78. The second-order valence-electron chi connectivity index (χ2n) is 6.54. The quantitative estimate of drug-likeness (QED) is 0.418. The number of unbranched alkanes of at least 4 members (excludes halogenated alkanes) is 2. The summed E-state index contributed by atoms with van der Waals surface area (Å²) in [6, 6.07) is 0. The summed E-state index contributed by atoms with van der Waals surface area (Å²) in [6.07, 6.45) is 9.21. The molecule has 0 aliphatic heterocycles. The number of imidazole rings is 2. The van der Waals surface area contributed by atoms with E-state index in [1.54, 1.807) is 6.33 Å². The van der Waals surface area contributed by atoms with E-state index < -0.39 is 0 Å². The maximum Gasteiger partial charge on any atom is 0.179 e. The average Bonchev–Trinajstić information content (AvgIpc) is 3.28. The monoisotopic (exact) mass is 460 g/mol. The Balaban J connectivity index is 0.000000166. The van der Waals surface area contributed by atoms with Crippen LogP contribution in [0.3, 0.4) is 0 Å². The fourth-order valence-electron chi connectivity index (χ4n) is 2.83. The largest absolute Gasteiger partial charge is 0.382 e. The minimum atomic E-state index is 0.427. The maximum atomic E-state index is 5.72. The topological polar surface area (TPSA) is 139 Å². The van der Waals surface area contributed by atoms with Crippen LogP contribution in [0.4, 0.5) is 11.6 Å². The van der Waals surface area contributed by atoms with Crippen LogP contribution in [0.25, 0.3) is 22.3 Å². The number of nitrogen functional groups attached to an aromatic ring is 2. The summed E-state index contributed by atoms with van der Waals surface area (Å²) >= 11 is 3.40. The highest BCUT2D eigenvalue weighted by Gasteiger charge is 2.11. The molecular formula is C18H25BrN10. The van der Waals surface area contributed by atoms with Gasteiger partial charge in [-0.15, -0.1) is 0 Å². The molecule has 29 heavy (non-hydrogen) atoms. The Morgan fingerprint density at radius 1 is 0.828 bits per heavy atom. The van der Waals surface area contributed by atoms with Crippen LogP contribution in [0.15, 0.2) is 23.7 Å². The lowest BCUT2D eigenvalue weighted by atomic mass is 10.3. The summed E-state index contributed by atoms with van der Waals surface area (Å²) in [6.45, 7) is 6.13. The number of aromatic nitrogens is 8. The van der Waals surface area contributed by atoms with Crippen LogP contribution in [-0.2, 0) is 13.1 Å². The summed E-state index contributed by atoms with van der Waals surface area (Å²) in [7, 11) is 0. The van der Waals surface area contributed by atoms with Crippen molar-refractivity contribution in [2.45, 2.75) is 52.6 Å². The molecule has 0 aliphatic carbocycles. The number of aryl methyl sites for hydroxylation is 2. The van der Waals surface area contributed by atoms with Crippen molar-refractivity contribution in [2.24, 2.45) is 0 Å². The van der Waals surface area contributed by atoms with Crippen LogP contribution in [-0.4, -0.2) is 39.0 Å². The molecule has 0 aromatic carbocycles. The predicted molar refractivity (Wildman–Crippen MR) is 117 cm³/mol. The van der Waals surface area contributed by atoms with Gasteiger partial charge >= 0.3 is 0 Å². The van der Waals surface area contributed by atoms with Crippen molar-refractivity contribution in [3.63, 3.8) is 0 Å². The van der Waals surface area contributed by atoms with Crippen LogP contribution in [0.1, 0.15) is 39.5 Å². The maximum absolute atomic E-state index is 5.72. The molecule has 0 saturated heterocycles. The molecule has 0 radical (unpaired) electrons. The normalized spacial score (nSPS) is 11.0. The average molecular weight is 461 g/mol. The van der Waals surface area contributed by atoms with Crippen LogP contribution < -0.4 is 11.5 Å². The Kier molecular flexibility index (Phi) is 6.91. The molecule has 0 saturated carbocycles. The van der Waals surface area contributed by atoms with Crippen molar-refractivity contribution in [1.29, 1.82) is 0 Å². The van der Waals surface area contributed by atoms with E-state index in [0.717, 1.165) is 54.8 Å². The Hall–Kier alpha value is -2.82. The van der Waals surface area contributed by atoms with Crippen molar-refractivity contribution in [3.05, 3.63) is 23.7 Å². The van der Waals surface area contributed by atoms with Gasteiger partial charge in [0, 0.05) is 13.1 Å². The molecule has 0 bridgehead atoms. The van der Waals surface area contributed by atoms with Gasteiger partial charge in [-0.25, -0.2) is 29.9 Å². The number of rotatable bonds is 6. The SMILES string of the molecule is CCCCn1c(Br)nc2c(N)ncnc21.CCCCn1cnc2c(N)ncnc21. The van der Waals surface area contributed by atoms with Gasteiger partial charge in [0.2, 0.25) is 0 Å². The van der Waals surface area contributed by atoms with E-state index in [2.05, 4.69) is 59.7 Å². The second kappa shape index (κ2) is 9.59. The van der Waals surface area contributed by atoms with E-state index in [9.17, 15) is 0 Å². The second-order valence-corrected chi connectivity index (χ2v) is 7.25. The lowest BCUT2D eigenvalue weighted by molar-refractivity contribution is 0.631. The van der Waals surface area contributed by atoms with E-state index >= 15 is 0 Å². The van der Waals surface area contributed by atoms with Gasteiger partial charge in [-0.3, -0.25) is 0 Å². The summed E-state index contributed by atoms with van der Waals surface area (Å²) in [5.74, 6) is 0.876. The van der Waals surface area contributed by atoms with Gasteiger partial charge in [0.15, 0.2) is 33.2 Å². The molecule has 0 fully saturated rings. The molecule has 10 nitrogen and oxygen atoms in total. The minimum absolute atomic E-state index is 0.427. The Morgan fingerprint density at radius 3 is 2.14 bits per heavy atom. The standard InChI is InChI=1S/C9H12BrN5.C9H13N5/c1-2-3-4-15-8-6(14-9(15)10)7(11)12-5-13-8;1-2-3-4-14-6-13-7-8(10)11-5-12-9(7)14/h5H,2-4H2,1H3,(H2,11,12,13);5-6H,2-4H2,1H3,(H2,10,11,12). The third kappa shape index (κ3) is 4.61. The lowest BCUT2D eigenvalue weighted by Crippen LogP contribution is -2.00. The van der Waals surface area contributed by atoms with Crippen LogP contribution in [0.5, 0.6) is 0 Å². The third-order valence-corrected chi connectivity index (χ3v) is 5.04. The highest BCUT2D eigenvalue weighted by Crippen LogP contribution is 2.21. The molecule has 4 N–H and O–H groups in total. The van der Waals surface area contributed by atoms with Crippen molar-refractivity contribution in [3.8, 4) is 0 Å². The zero-order chi connectivity index (χ0) is 20.8. The molecule has 0 unspecified atom stereocenters. The van der Waals surface area contributed by atoms with Crippen LogP contribution >= 0.6 is 15.9 Å². The molecule has 0 amide bonds. The van der Waals surface area contributed by atoms with Crippen LogP contribution in [0, 0.1) is 0 Å². The van der Waals surface area contributed by atoms with Crippen molar-refractivity contribution in [2.75, 3.05) is 11.5 Å². The van der Waals surface area contributed by atoms with Gasteiger partial charge in [-0.1, -0.05) is 26.7 Å². The third-order valence-electron chi connectivity index (χ3n) is 4.43. The van der Waals surface area contributed by atoms with E-state index in [-0.39, 0.29) is 0 Å². The Morgan fingerprint density at radius 2 is 1.45 bits per heavy atom. The highest BCUT2D eigenvalue weighted by atomic mass is 79.9. The fourth-order valence-corrected chi connectivity index (χ4v) is 3.36. The molecule has 0 spiro atoms. The van der Waals surface area contributed by atoms with Gasteiger partial charge in [-0.05, 0) is 28.8 Å². The first-order valence-electron chi connectivity index (χ1n) is 9.60. The molecule has 4 heterocycles. The van der Waals surface area contributed by atoms with Gasteiger partial charge < -0.3 is 20.6 Å². The first-order chi connectivity index (χ1) is 14.1. The first kappa shape index (κ1) is 20.9. The highest BCUT2D eigenvalue weighted by molar-refractivity contribution is 9.10. The van der Waals surface area contributed by atoms with E-state index in [4.69, 9.17) is 11.5 Å². The number of nitrogens with two attached hydrogens (primary N) is 2. The molecule has 4 aromatic heterocycles. The van der Waals surface area contributed by atoms with Crippen LogP contribution in [0.2, 0.25) is 0 Å². The molecular weight excluding hydrogens is 436 g/mol. The Labute approximate surface area is 176 Å². The van der Waals surface area contributed by atoms with E-state index in [0.29, 0.717) is 22.7 Å². The molecule has 4 aromatic rings. The number of fused-ring (bicyclic) bond motifs is 2. The Bertz CT molecular complexity index is 1090. The number of anilines is 2. The van der Waals surface area contributed by atoms with Crippen molar-refractivity contribution in [1.82, 2.24) is 39.0 Å². The predicted octanol–water partition coefficient (Wildman–Crippen LogP) is 3.18. The minimum Gasteiger partial charge on any atom is -0.382 e. The van der Waals surface area contributed by atoms with Gasteiger partial charge in [0.05, 0.1) is 6.33 Å². The number of hydrogen-bond acceptors (Lipinski definition) is 8.